The molecule has 104 valence electrons. The van der Waals surface area contributed by atoms with Gasteiger partial charge in [0.05, 0.1) is 0 Å². The number of anilines is 1. The summed E-state index contributed by atoms with van der Waals surface area (Å²) in [5, 5.41) is 2.73. The number of carbonyl (C=O) groups is 2. The summed E-state index contributed by atoms with van der Waals surface area (Å²) in [6.07, 6.45) is 0. The molecule has 5 heteroatoms. The van der Waals surface area contributed by atoms with Gasteiger partial charge in [0.15, 0.2) is 5.78 Å². The van der Waals surface area contributed by atoms with Gasteiger partial charge in [-0.2, -0.15) is 0 Å². The van der Waals surface area contributed by atoms with Crippen molar-refractivity contribution in [1.82, 2.24) is 4.68 Å². The molecule has 0 saturated heterocycles. The highest BCUT2D eigenvalue weighted by atomic mass is 16.2. The van der Waals surface area contributed by atoms with Crippen LogP contribution in [-0.4, -0.2) is 16.5 Å². The number of nitrogens with zero attached hydrogens (tertiary/aromatic N) is 1. The van der Waals surface area contributed by atoms with Gasteiger partial charge in [-0.05, 0) is 39.0 Å². The highest BCUT2D eigenvalue weighted by Gasteiger charge is 2.14. The fourth-order valence-electron chi connectivity index (χ4n) is 2.07. The van der Waals surface area contributed by atoms with Gasteiger partial charge < -0.3 is 5.32 Å². The number of rotatable bonds is 3. The molecule has 5 nitrogen and oxygen atoms in total. The molecule has 0 aliphatic heterocycles. The summed E-state index contributed by atoms with van der Waals surface area (Å²) in [4.78, 5) is 23.4. The van der Waals surface area contributed by atoms with Gasteiger partial charge in [0, 0.05) is 22.6 Å². The lowest BCUT2D eigenvalue weighted by Crippen LogP contribution is -2.29. The smallest absolute Gasteiger partial charge is 0.307 e. The first-order valence-electron chi connectivity index (χ1n) is 6.32. The molecule has 0 unspecified atom stereocenters. The standard InChI is InChI=1S/C15H17N3O2/c1-10-9-14(12(3)19)11(2)18(10)17-15(20)16-13-7-5-4-6-8-13/h4-9H,1-3H3,(H2,16,17,20). The van der Waals surface area contributed by atoms with Crippen LogP contribution in [0.1, 0.15) is 28.7 Å². The number of urea groups is 1. The zero-order chi connectivity index (χ0) is 14.7. The number of ketones is 1. The van der Waals surface area contributed by atoms with E-state index in [9.17, 15) is 9.59 Å². The summed E-state index contributed by atoms with van der Waals surface area (Å²) < 4.78 is 1.61. The molecule has 1 aromatic carbocycles. The lowest BCUT2D eigenvalue weighted by molar-refractivity contribution is 0.101. The molecule has 1 aromatic heterocycles. The van der Waals surface area contributed by atoms with Gasteiger partial charge in [0.2, 0.25) is 0 Å². The van der Waals surface area contributed by atoms with Gasteiger partial charge >= 0.3 is 6.03 Å². The van der Waals surface area contributed by atoms with Crippen LogP contribution in [0.5, 0.6) is 0 Å². The number of Topliss-reactive ketones (excluding diaryl/α,β-unsaturated/α-hetero) is 1. The molecular formula is C15H17N3O2. The summed E-state index contributed by atoms with van der Waals surface area (Å²) in [5.41, 5.74) is 5.56. The Morgan fingerprint density at radius 1 is 1.10 bits per heavy atom. The zero-order valence-corrected chi connectivity index (χ0v) is 11.7. The minimum atomic E-state index is -0.354. The number of nitrogens with one attached hydrogen (secondary N) is 2. The normalized spacial score (nSPS) is 10.2. The second-order valence-electron chi connectivity index (χ2n) is 4.61. The van der Waals surface area contributed by atoms with Crippen molar-refractivity contribution in [2.24, 2.45) is 0 Å². The first kappa shape index (κ1) is 13.9. The van der Waals surface area contributed by atoms with E-state index in [0.717, 1.165) is 11.4 Å². The van der Waals surface area contributed by atoms with Crippen LogP contribution in [-0.2, 0) is 0 Å². The minimum absolute atomic E-state index is 0.0189. The van der Waals surface area contributed by atoms with Crippen molar-refractivity contribution in [3.8, 4) is 0 Å². The van der Waals surface area contributed by atoms with Crippen LogP contribution in [0.25, 0.3) is 0 Å². The molecule has 0 radical (unpaired) electrons. The van der Waals surface area contributed by atoms with E-state index in [1.807, 2.05) is 25.1 Å². The lowest BCUT2D eigenvalue weighted by atomic mass is 10.2. The minimum Gasteiger partial charge on any atom is -0.307 e. The third kappa shape index (κ3) is 2.88. The maximum absolute atomic E-state index is 11.9. The van der Waals surface area contributed by atoms with Gasteiger partial charge in [-0.1, -0.05) is 18.2 Å². The maximum atomic E-state index is 11.9. The Bertz CT molecular complexity index is 645. The molecule has 0 saturated carbocycles. The van der Waals surface area contributed by atoms with E-state index in [0.29, 0.717) is 11.3 Å². The van der Waals surface area contributed by atoms with Crippen LogP contribution >= 0.6 is 0 Å². The number of para-hydroxylation sites is 1. The van der Waals surface area contributed by atoms with Gasteiger partial charge in [-0.3, -0.25) is 9.47 Å². The van der Waals surface area contributed by atoms with E-state index in [-0.39, 0.29) is 11.8 Å². The van der Waals surface area contributed by atoms with Gasteiger partial charge in [-0.15, -0.1) is 0 Å². The number of aromatic nitrogens is 1. The van der Waals surface area contributed by atoms with Crippen molar-refractivity contribution in [2.75, 3.05) is 10.7 Å². The fourth-order valence-corrected chi connectivity index (χ4v) is 2.07. The number of hydrogen-bond donors (Lipinski definition) is 2. The van der Waals surface area contributed by atoms with Gasteiger partial charge in [0.1, 0.15) is 0 Å². The molecule has 2 N–H and O–H groups in total. The molecule has 2 aromatic rings. The van der Waals surface area contributed by atoms with Crippen LogP contribution in [0, 0.1) is 13.8 Å². The SMILES string of the molecule is CC(=O)c1cc(C)n(NC(=O)Nc2ccccc2)c1C. The second kappa shape index (κ2) is 5.61. The van der Waals surface area contributed by atoms with E-state index in [4.69, 9.17) is 0 Å². The van der Waals surface area contributed by atoms with Crippen LogP contribution in [0.2, 0.25) is 0 Å². The summed E-state index contributed by atoms with van der Waals surface area (Å²) in [7, 11) is 0. The first-order chi connectivity index (χ1) is 9.49. The fraction of sp³-hybridized carbons (Fsp3) is 0.200. The number of hydrogen-bond acceptors (Lipinski definition) is 2. The van der Waals surface area contributed by atoms with Crippen molar-refractivity contribution >= 4 is 17.5 Å². The Morgan fingerprint density at radius 2 is 1.75 bits per heavy atom. The Hall–Kier alpha value is -2.56. The average molecular weight is 271 g/mol. The molecule has 0 fully saturated rings. The maximum Gasteiger partial charge on any atom is 0.338 e. The Kier molecular flexibility index (Phi) is 3.89. The van der Waals surface area contributed by atoms with Crippen molar-refractivity contribution in [3.05, 3.63) is 53.3 Å². The van der Waals surface area contributed by atoms with E-state index in [1.54, 1.807) is 29.8 Å². The van der Waals surface area contributed by atoms with Crippen molar-refractivity contribution in [1.29, 1.82) is 0 Å². The van der Waals surface area contributed by atoms with Gasteiger partial charge in [0.25, 0.3) is 0 Å². The Morgan fingerprint density at radius 3 is 2.30 bits per heavy atom. The molecule has 20 heavy (non-hydrogen) atoms. The molecular weight excluding hydrogens is 254 g/mol. The Balaban J connectivity index is 2.14. The van der Waals surface area contributed by atoms with Crippen LogP contribution in [0.3, 0.4) is 0 Å². The van der Waals surface area contributed by atoms with E-state index < -0.39 is 0 Å². The van der Waals surface area contributed by atoms with E-state index in [1.165, 1.54) is 6.92 Å². The summed E-state index contributed by atoms with van der Waals surface area (Å²) in [6, 6.07) is 10.6. The number of benzene rings is 1. The molecule has 1 heterocycles. The van der Waals surface area contributed by atoms with Crippen molar-refractivity contribution < 1.29 is 9.59 Å². The predicted octanol–water partition coefficient (Wildman–Crippen LogP) is 3.08. The Labute approximate surface area is 117 Å². The third-order valence-corrected chi connectivity index (χ3v) is 3.06. The molecule has 0 aliphatic rings. The first-order valence-corrected chi connectivity index (χ1v) is 6.32. The van der Waals surface area contributed by atoms with E-state index in [2.05, 4.69) is 10.7 Å². The van der Waals surface area contributed by atoms with Crippen LogP contribution in [0.4, 0.5) is 10.5 Å². The quantitative estimate of drug-likeness (QED) is 0.843. The van der Waals surface area contributed by atoms with Crippen LogP contribution < -0.4 is 10.7 Å². The average Bonchev–Trinajstić information content (AvgIpc) is 2.68. The van der Waals surface area contributed by atoms with Gasteiger partial charge in [-0.25, -0.2) is 10.2 Å². The summed E-state index contributed by atoms with van der Waals surface area (Å²) in [6.45, 7) is 5.14. The third-order valence-electron chi connectivity index (χ3n) is 3.06. The largest absolute Gasteiger partial charge is 0.338 e. The molecule has 0 atom stereocenters. The van der Waals surface area contributed by atoms with Crippen molar-refractivity contribution in [2.45, 2.75) is 20.8 Å². The summed E-state index contributed by atoms with van der Waals surface area (Å²) >= 11 is 0. The zero-order valence-electron chi connectivity index (χ0n) is 11.7. The molecule has 0 spiro atoms. The van der Waals surface area contributed by atoms with Crippen molar-refractivity contribution in [3.63, 3.8) is 0 Å². The number of aryl methyl sites for hydroxylation is 1. The molecule has 2 rings (SSSR count). The highest BCUT2D eigenvalue weighted by molar-refractivity contribution is 5.97. The topological polar surface area (TPSA) is 63.1 Å². The summed E-state index contributed by atoms with van der Waals surface area (Å²) in [5.74, 6) is -0.0189. The number of amides is 2. The molecule has 2 amide bonds. The number of carbonyl (C=O) groups excluding carboxylic acids is 2. The molecule has 0 aliphatic carbocycles. The van der Waals surface area contributed by atoms with E-state index >= 15 is 0 Å². The highest BCUT2D eigenvalue weighted by Crippen LogP contribution is 2.14. The predicted molar refractivity (Wildman–Crippen MR) is 78.7 cm³/mol. The molecule has 0 bridgehead atoms. The lowest BCUT2D eigenvalue weighted by Gasteiger charge is -2.12. The van der Waals surface area contributed by atoms with Crippen LogP contribution in [0.15, 0.2) is 36.4 Å². The second-order valence-corrected chi connectivity index (χ2v) is 4.61. The monoisotopic (exact) mass is 271 g/mol.